The van der Waals surface area contributed by atoms with E-state index in [0.717, 1.165) is 4.57 Å². The van der Waals surface area contributed by atoms with Crippen LogP contribution in [0.4, 0.5) is 10.3 Å². The molecule has 0 amide bonds. The Kier molecular flexibility index (Phi) is 5.19. The second kappa shape index (κ2) is 7.55. The molecule has 1 aromatic carbocycles. The predicted octanol–water partition coefficient (Wildman–Crippen LogP) is 1.89. The fraction of sp³-hybridized carbons (Fsp3) is 0.450. The lowest BCUT2D eigenvalue weighted by atomic mass is 10.2. The van der Waals surface area contributed by atoms with Gasteiger partial charge >= 0.3 is 5.69 Å². The van der Waals surface area contributed by atoms with Gasteiger partial charge in [0.15, 0.2) is 11.2 Å². The molecule has 2 atom stereocenters. The van der Waals surface area contributed by atoms with Crippen LogP contribution in [0, 0.1) is 5.82 Å². The highest BCUT2D eigenvalue weighted by atomic mass is 35.5. The third-order valence-electron chi connectivity index (χ3n) is 5.41. The van der Waals surface area contributed by atoms with E-state index in [1.165, 1.54) is 23.7 Å². The van der Waals surface area contributed by atoms with Crippen LogP contribution in [0.1, 0.15) is 19.4 Å². The molecule has 0 unspecified atom stereocenters. The molecule has 0 N–H and O–H groups in total. The zero-order chi connectivity index (χ0) is 21.7. The average molecular weight is 436 g/mol. The highest BCUT2D eigenvalue weighted by Crippen LogP contribution is 2.27. The van der Waals surface area contributed by atoms with Gasteiger partial charge in [0.1, 0.15) is 5.82 Å². The molecule has 2 aromatic heterocycles. The molecule has 160 valence electrons. The summed E-state index contributed by atoms with van der Waals surface area (Å²) in [4.78, 5) is 32.1. The van der Waals surface area contributed by atoms with Crippen LogP contribution in [0.25, 0.3) is 11.2 Å². The number of benzene rings is 1. The van der Waals surface area contributed by atoms with Crippen LogP contribution in [0.3, 0.4) is 0 Å². The molecule has 0 radical (unpaired) electrons. The Morgan fingerprint density at radius 2 is 1.83 bits per heavy atom. The van der Waals surface area contributed by atoms with Crippen LogP contribution in [0.5, 0.6) is 0 Å². The number of imidazole rings is 1. The first-order valence-corrected chi connectivity index (χ1v) is 10.1. The van der Waals surface area contributed by atoms with Crippen LogP contribution >= 0.6 is 11.6 Å². The first-order chi connectivity index (χ1) is 14.2. The normalized spacial score (nSPS) is 19.6. The van der Waals surface area contributed by atoms with Crippen molar-refractivity contribution in [3.8, 4) is 0 Å². The number of morpholine rings is 1. The van der Waals surface area contributed by atoms with Gasteiger partial charge < -0.3 is 9.64 Å². The highest BCUT2D eigenvalue weighted by molar-refractivity contribution is 6.31. The van der Waals surface area contributed by atoms with Gasteiger partial charge in [-0.3, -0.25) is 18.5 Å². The molecule has 8 nitrogen and oxygen atoms in total. The Hall–Kier alpha value is -2.65. The summed E-state index contributed by atoms with van der Waals surface area (Å²) in [7, 11) is 2.97. The van der Waals surface area contributed by atoms with Crippen molar-refractivity contribution in [2.24, 2.45) is 14.1 Å². The monoisotopic (exact) mass is 435 g/mol. The molecular formula is C20H23ClFN5O3. The van der Waals surface area contributed by atoms with Gasteiger partial charge in [-0.2, -0.15) is 4.98 Å². The highest BCUT2D eigenvalue weighted by Gasteiger charge is 2.29. The molecule has 0 saturated carbocycles. The van der Waals surface area contributed by atoms with Gasteiger partial charge in [-0.25, -0.2) is 9.18 Å². The van der Waals surface area contributed by atoms with E-state index < -0.39 is 17.1 Å². The van der Waals surface area contributed by atoms with Gasteiger partial charge in [-0.05, 0) is 26.0 Å². The maximum atomic E-state index is 14.6. The van der Waals surface area contributed by atoms with Crippen molar-refractivity contribution in [2.75, 3.05) is 18.0 Å². The molecule has 3 aromatic rings. The van der Waals surface area contributed by atoms with Crippen molar-refractivity contribution in [3.05, 3.63) is 55.4 Å². The number of halogens is 2. The van der Waals surface area contributed by atoms with Crippen molar-refractivity contribution < 1.29 is 9.13 Å². The zero-order valence-corrected chi connectivity index (χ0v) is 18.0. The summed E-state index contributed by atoms with van der Waals surface area (Å²) in [5, 5.41) is 0.258. The molecule has 3 heterocycles. The van der Waals surface area contributed by atoms with Gasteiger partial charge in [0.25, 0.3) is 5.56 Å². The largest absolute Gasteiger partial charge is 0.372 e. The van der Waals surface area contributed by atoms with Crippen LogP contribution in [-0.4, -0.2) is 44.0 Å². The molecule has 1 aliphatic rings. The first kappa shape index (κ1) is 20.6. The third-order valence-corrected chi connectivity index (χ3v) is 5.76. The van der Waals surface area contributed by atoms with Crippen LogP contribution in [-0.2, 0) is 25.4 Å². The Balaban J connectivity index is 2.00. The number of hydrogen-bond donors (Lipinski definition) is 0. The molecule has 1 saturated heterocycles. The topological polar surface area (TPSA) is 74.3 Å². The summed E-state index contributed by atoms with van der Waals surface area (Å²) in [6, 6.07) is 4.46. The maximum Gasteiger partial charge on any atom is 0.332 e. The van der Waals surface area contributed by atoms with E-state index in [1.54, 1.807) is 17.7 Å². The molecular weight excluding hydrogens is 413 g/mol. The summed E-state index contributed by atoms with van der Waals surface area (Å²) >= 11 is 6.26. The number of aromatic nitrogens is 4. The Labute approximate surface area is 177 Å². The summed E-state index contributed by atoms with van der Waals surface area (Å²) in [6.07, 6.45) is -0.101. The smallest absolute Gasteiger partial charge is 0.332 e. The SMILES string of the molecule is C[C@@H]1CN(c2nc3c(c(=O)n(C)c(=O)n3C)n2Cc2c(F)cccc2Cl)C[C@H](C)O1. The molecule has 0 spiro atoms. The van der Waals surface area contributed by atoms with Crippen LogP contribution < -0.4 is 16.1 Å². The minimum atomic E-state index is -0.492. The van der Waals surface area contributed by atoms with E-state index in [1.807, 2.05) is 18.7 Å². The van der Waals surface area contributed by atoms with E-state index in [-0.39, 0.29) is 40.5 Å². The quantitative estimate of drug-likeness (QED) is 0.628. The van der Waals surface area contributed by atoms with Gasteiger partial charge in [-0.1, -0.05) is 17.7 Å². The molecule has 0 bridgehead atoms. The number of fused-ring (bicyclic) bond motifs is 1. The Bertz CT molecular complexity index is 1220. The number of rotatable bonds is 3. The van der Waals surface area contributed by atoms with Crippen molar-refractivity contribution in [3.63, 3.8) is 0 Å². The lowest BCUT2D eigenvalue weighted by molar-refractivity contribution is -0.00586. The summed E-state index contributed by atoms with van der Waals surface area (Å²) in [5.41, 5.74) is -0.243. The van der Waals surface area contributed by atoms with E-state index in [2.05, 4.69) is 4.98 Å². The van der Waals surface area contributed by atoms with Crippen molar-refractivity contribution >= 4 is 28.7 Å². The number of anilines is 1. The Morgan fingerprint density at radius 1 is 1.17 bits per heavy atom. The Morgan fingerprint density at radius 3 is 2.47 bits per heavy atom. The van der Waals surface area contributed by atoms with Crippen LogP contribution in [0.15, 0.2) is 27.8 Å². The molecule has 0 aliphatic carbocycles. The first-order valence-electron chi connectivity index (χ1n) is 9.68. The molecule has 1 fully saturated rings. The van der Waals surface area contributed by atoms with E-state index in [4.69, 9.17) is 16.3 Å². The lowest BCUT2D eigenvalue weighted by Crippen LogP contribution is -2.46. The van der Waals surface area contributed by atoms with Crippen LogP contribution in [0.2, 0.25) is 5.02 Å². The fourth-order valence-electron chi connectivity index (χ4n) is 4.01. The second-order valence-corrected chi connectivity index (χ2v) is 8.15. The number of aryl methyl sites for hydroxylation is 1. The summed E-state index contributed by atoms with van der Waals surface area (Å²) in [6.45, 7) is 5.01. The second-order valence-electron chi connectivity index (χ2n) is 7.74. The molecule has 4 rings (SSSR count). The van der Waals surface area contributed by atoms with Gasteiger partial charge in [0.05, 0.1) is 18.8 Å². The predicted molar refractivity (Wildman–Crippen MR) is 113 cm³/mol. The molecule has 30 heavy (non-hydrogen) atoms. The van der Waals surface area contributed by atoms with Crippen molar-refractivity contribution in [1.29, 1.82) is 0 Å². The molecule has 1 aliphatic heterocycles. The lowest BCUT2D eigenvalue weighted by Gasteiger charge is -2.36. The minimum absolute atomic E-state index is 0.00486. The van der Waals surface area contributed by atoms with Crippen molar-refractivity contribution in [2.45, 2.75) is 32.6 Å². The average Bonchev–Trinajstić information content (AvgIpc) is 3.06. The summed E-state index contributed by atoms with van der Waals surface area (Å²) in [5.74, 6) is 0.00489. The number of hydrogen-bond acceptors (Lipinski definition) is 5. The number of nitrogens with zero attached hydrogens (tertiary/aromatic N) is 5. The third kappa shape index (κ3) is 3.31. The van der Waals surface area contributed by atoms with Gasteiger partial charge in [0, 0.05) is 37.8 Å². The van der Waals surface area contributed by atoms with Gasteiger partial charge in [0.2, 0.25) is 5.95 Å². The minimum Gasteiger partial charge on any atom is -0.372 e. The number of ether oxygens (including phenoxy) is 1. The summed E-state index contributed by atoms with van der Waals surface area (Å²) < 4.78 is 24.4. The standard InChI is InChI=1S/C20H23ClFN5O3/c1-11-8-26(9-12(2)30-11)19-23-17-16(18(28)25(4)20(29)24(17)3)27(19)10-13-14(21)6-5-7-15(13)22/h5-7,11-12H,8-10H2,1-4H3/t11-,12+. The van der Waals surface area contributed by atoms with E-state index in [0.29, 0.717) is 19.0 Å². The van der Waals surface area contributed by atoms with Crippen molar-refractivity contribution in [1.82, 2.24) is 18.7 Å². The van der Waals surface area contributed by atoms with E-state index >= 15 is 0 Å². The fourth-order valence-corrected chi connectivity index (χ4v) is 4.23. The maximum absolute atomic E-state index is 14.6. The molecule has 10 heteroatoms. The zero-order valence-electron chi connectivity index (χ0n) is 17.2. The van der Waals surface area contributed by atoms with E-state index in [9.17, 15) is 14.0 Å². The van der Waals surface area contributed by atoms with Gasteiger partial charge in [-0.15, -0.1) is 0 Å².